The zero-order valence-electron chi connectivity index (χ0n) is 14.0. The molecule has 2 aromatic rings. The molecule has 0 bridgehead atoms. The number of nitrogens with zero attached hydrogens (tertiary/aromatic N) is 5. The van der Waals surface area contributed by atoms with Crippen LogP contribution in [-0.2, 0) is 13.1 Å². The van der Waals surface area contributed by atoms with Gasteiger partial charge in [0.15, 0.2) is 5.96 Å². The second kappa shape index (κ2) is 10.2. The largest absolute Gasteiger partial charge is 0.356 e. The van der Waals surface area contributed by atoms with Gasteiger partial charge in [-0.1, -0.05) is 0 Å². The molecule has 0 aromatic carbocycles. The number of halogens is 1. The minimum Gasteiger partial charge on any atom is -0.356 e. The predicted molar refractivity (Wildman–Crippen MR) is 103 cm³/mol. The average Bonchev–Trinajstić information content (AvgIpc) is 3.11. The van der Waals surface area contributed by atoms with Crippen LogP contribution >= 0.6 is 24.0 Å². The van der Waals surface area contributed by atoms with Crippen molar-refractivity contribution < 1.29 is 0 Å². The van der Waals surface area contributed by atoms with Crippen molar-refractivity contribution in [3.05, 3.63) is 36.2 Å². The second-order valence-electron chi connectivity index (χ2n) is 5.23. The van der Waals surface area contributed by atoms with E-state index in [9.17, 15) is 0 Å². The van der Waals surface area contributed by atoms with Gasteiger partial charge in [0.05, 0.1) is 12.0 Å². The zero-order chi connectivity index (χ0) is 15.8. The van der Waals surface area contributed by atoms with Crippen LogP contribution in [0.2, 0.25) is 0 Å². The molecular weight excluding hydrogens is 405 g/mol. The van der Waals surface area contributed by atoms with Crippen LogP contribution in [0.25, 0.3) is 0 Å². The van der Waals surface area contributed by atoms with Gasteiger partial charge >= 0.3 is 0 Å². The van der Waals surface area contributed by atoms with E-state index in [1.165, 1.54) is 5.69 Å². The Morgan fingerprint density at radius 3 is 2.61 bits per heavy atom. The second-order valence-corrected chi connectivity index (χ2v) is 5.23. The Balaban J connectivity index is 0.00000264. The van der Waals surface area contributed by atoms with Crippen LogP contribution in [0.1, 0.15) is 17.8 Å². The molecule has 0 amide bonds. The summed E-state index contributed by atoms with van der Waals surface area (Å²) in [4.78, 5) is 8.24. The Labute approximate surface area is 154 Å². The topological polar surface area (TPSA) is 72.1 Å². The van der Waals surface area contributed by atoms with Crippen LogP contribution in [0.15, 0.2) is 29.8 Å². The summed E-state index contributed by atoms with van der Waals surface area (Å²) in [5.74, 6) is 0.827. The lowest BCUT2D eigenvalue weighted by atomic mass is 10.4. The highest BCUT2D eigenvalue weighted by Gasteiger charge is 2.01. The third-order valence-electron chi connectivity index (χ3n) is 3.39. The molecule has 2 heterocycles. The fourth-order valence-corrected chi connectivity index (χ4v) is 2.28. The van der Waals surface area contributed by atoms with Gasteiger partial charge in [-0.15, -0.1) is 24.0 Å². The summed E-state index contributed by atoms with van der Waals surface area (Å²) in [6.07, 6.45) is 6.55. The number of rotatable bonds is 7. The van der Waals surface area contributed by atoms with Gasteiger partial charge in [-0.3, -0.25) is 9.67 Å². The number of aliphatic imine (C=N–C) groups is 1. The van der Waals surface area contributed by atoms with Gasteiger partial charge in [0.1, 0.15) is 0 Å². The standard InChI is InChI=1S/C15H25N7.HI/c1-13-11-14(2)22(20-13)8-4-5-18-15(16-3)19-7-10-21-9-6-17-12-21;/h6,9,11-12H,4-5,7-8,10H2,1-3H3,(H2,16,18,19);1H. The van der Waals surface area contributed by atoms with Gasteiger partial charge in [0.25, 0.3) is 0 Å². The lowest BCUT2D eigenvalue weighted by molar-refractivity contribution is 0.554. The molecule has 0 aliphatic heterocycles. The normalized spacial score (nSPS) is 11.2. The molecule has 8 heteroatoms. The summed E-state index contributed by atoms with van der Waals surface area (Å²) in [5.41, 5.74) is 2.28. The molecule has 0 spiro atoms. The Kier molecular flexibility index (Phi) is 8.67. The smallest absolute Gasteiger partial charge is 0.191 e. The van der Waals surface area contributed by atoms with E-state index in [-0.39, 0.29) is 24.0 Å². The minimum atomic E-state index is 0. The number of hydrogen-bond donors (Lipinski definition) is 2. The third-order valence-corrected chi connectivity index (χ3v) is 3.39. The summed E-state index contributed by atoms with van der Waals surface area (Å²) in [5, 5.41) is 11.1. The Morgan fingerprint density at radius 1 is 1.22 bits per heavy atom. The molecule has 7 nitrogen and oxygen atoms in total. The Hall–Kier alpha value is -1.58. The summed E-state index contributed by atoms with van der Waals surface area (Å²) in [7, 11) is 1.79. The lowest BCUT2D eigenvalue weighted by Gasteiger charge is -2.12. The lowest BCUT2D eigenvalue weighted by Crippen LogP contribution is -2.39. The van der Waals surface area contributed by atoms with Crippen molar-refractivity contribution in [2.75, 3.05) is 20.1 Å². The van der Waals surface area contributed by atoms with Crippen LogP contribution < -0.4 is 10.6 Å². The minimum absolute atomic E-state index is 0. The van der Waals surface area contributed by atoms with E-state index in [0.29, 0.717) is 0 Å². The molecule has 2 aromatic heterocycles. The van der Waals surface area contributed by atoms with Gasteiger partial charge in [-0.05, 0) is 26.3 Å². The van der Waals surface area contributed by atoms with Crippen LogP contribution in [0.5, 0.6) is 0 Å². The fourth-order valence-electron chi connectivity index (χ4n) is 2.28. The number of aromatic nitrogens is 4. The highest BCUT2D eigenvalue weighted by molar-refractivity contribution is 14.0. The van der Waals surface area contributed by atoms with Gasteiger partial charge < -0.3 is 15.2 Å². The first kappa shape index (κ1) is 19.5. The third kappa shape index (κ3) is 6.59. The Bertz CT molecular complexity index is 589. The maximum Gasteiger partial charge on any atom is 0.191 e. The van der Waals surface area contributed by atoms with Gasteiger partial charge in [-0.2, -0.15) is 5.10 Å². The van der Waals surface area contributed by atoms with Crippen molar-refractivity contribution in [2.24, 2.45) is 4.99 Å². The molecule has 0 radical (unpaired) electrons. The van der Waals surface area contributed by atoms with E-state index in [1.54, 1.807) is 13.2 Å². The van der Waals surface area contributed by atoms with Crippen molar-refractivity contribution in [1.82, 2.24) is 30.0 Å². The highest BCUT2D eigenvalue weighted by atomic mass is 127. The van der Waals surface area contributed by atoms with Crippen LogP contribution in [-0.4, -0.2) is 45.4 Å². The summed E-state index contributed by atoms with van der Waals surface area (Å²) >= 11 is 0. The first-order valence-electron chi connectivity index (χ1n) is 7.60. The van der Waals surface area contributed by atoms with Crippen LogP contribution in [0.4, 0.5) is 0 Å². The van der Waals surface area contributed by atoms with E-state index in [1.807, 2.05) is 28.7 Å². The molecule has 128 valence electrons. The summed E-state index contributed by atoms with van der Waals surface area (Å²) in [6.45, 7) is 7.57. The first-order chi connectivity index (χ1) is 10.7. The molecule has 0 atom stereocenters. The number of hydrogen-bond acceptors (Lipinski definition) is 3. The molecule has 0 aliphatic carbocycles. The van der Waals surface area contributed by atoms with Gasteiger partial charge in [0.2, 0.25) is 0 Å². The van der Waals surface area contributed by atoms with E-state index in [0.717, 1.165) is 44.3 Å². The van der Waals surface area contributed by atoms with E-state index in [2.05, 4.69) is 38.7 Å². The summed E-state index contributed by atoms with van der Waals surface area (Å²) in [6, 6.07) is 2.10. The van der Waals surface area contributed by atoms with Crippen molar-refractivity contribution >= 4 is 29.9 Å². The van der Waals surface area contributed by atoms with Gasteiger partial charge in [-0.25, -0.2) is 4.98 Å². The molecule has 0 saturated heterocycles. The number of nitrogens with one attached hydrogen (secondary N) is 2. The molecule has 0 aliphatic rings. The molecule has 0 fully saturated rings. The van der Waals surface area contributed by atoms with Crippen molar-refractivity contribution in [3.8, 4) is 0 Å². The summed E-state index contributed by atoms with van der Waals surface area (Å²) < 4.78 is 4.08. The Morgan fingerprint density at radius 2 is 2.00 bits per heavy atom. The average molecular weight is 431 g/mol. The molecule has 0 saturated carbocycles. The first-order valence-corrected chi connectivity index (χ1v) is 7.60. The molecule has 2 N–H and O–H groups in total. The number of aryl methyl sites for hydroxylation is 3. The molecule has 2 rings (SSSR count). The monoisotopic (exact) mass is 431 g/mol. The van der Waals surface area contributed by atoms with E-state index >= 15 is 0 Å². The SMILES string of the molecule is CN=C(NCCCn1nc(C)cc1C)NCCn1ccnc1.I. The van der Waals surface area contributed by atoms with Crippen LogP contribution in [0.3, 0.4) is 0 Å². The fraction of sp³-hybridized carbons (Fsp3) is 0.533. The zero-order valence-corrected chi connectivity index (χ0v) is 16.3. The van der Waals surface area contributed by atoms with Crippen molar-refractivity contribution in [2.45, 2.75) is 33.4 Å². The van der Waals surface area contributed by atoms with Crippen molar-refractivity contribution in [3.63, 3.8) is 0 Å². The van der Waals surface area contributed by atoms with Crippen molar-refractivity contribution in [1.29, 1.82) is 0 Å². The maximum atomic E-state index is 4.46. The predicted octanol–water partition coefficient (Wildman–Crippen LogP) is 1.57. The molecular formula is C15H26IN7. The van der Waals surface area contributed by atoms with E-state index in [4.69, 9.17) is 0 Å². The van der Waals surface area contributed by atoms with E-state index < -0.39 is 0 Å². The van der Waals surface area contributed by atoms with Crippen LogP contribution in [0, 0.1) is 13.8 Å². The molecule has 0 unspecified atom stereocenters. The highest BCUT2D eigenvalue weighted by Crippen LogP contribution is 2.02. The van der Waals surface area contributed by atoms with Gasteiger partial charge in [0, 0.05) is 51.3 Å². The molecule has 23 heavy (non-hydrogen) atoms. The maximum absolute atomic E-state index is 4.46. The number of imidazole rings is 1. The number of guanidine groups is 1. The quantitative estimate of drug-likeness (QED) is 0.302.